The Morgan fingerprint density at radius 2 is 1.77 bits per heavy atom. The number of carbonyl (C=O) groups is 4. The highest BCUT2D eigenvalue weighted by molar-refractivity contribution is 5.98. The summed E-state index contributed by atoms with van der Waals surface area (Å²) in [5.74, 6) is -1.71. The Labute approximate surface area is 328 Å². The van der Waals surface area contributed by atoms with E-state index in [-0.39, 0.29) is 49.4 Å². The van der Waals surface area contributed by atoms with Gasteiger partial charge in [0.05, 0.1) is 18.2 Å². The van der Waals surface area contributed by atoms with E-state index in [9.17, 15) is 29.4 Å². The first-order chi connectivity index (χ1) is 26.8. The molecule has 3 N–H and O–H groups in total. The van der Waals surface area contributed by atoms with Crippen molar-refractivity contribution in [1.82, 2.24) is 10.2 Å². The zero-order valence-corrected chi connectivity index (χ0v) is 32.5. The molecule has 2 heterocycles. The average molecular weight is 771 g/mol. The number of phenolic OH excluding ortho intramolecular Hbond substituents is 1. The first-order valence-corrected chi connectivity index (χ1v) is 20.1. The highest BCUT2D eigenvalue weighted by Crippen LogP contribution is 2.59. The number of allylic oxidation sites excluding steroid dienone is 1. The lowest BCUT2D eigenvalue weighted by molar-refractivity contribution is -0.209. The molecule has 5 atom stereocenters. The van der Waals surface area contributed by atoms with Gasteiger partial charge in [-0.25, -0.2) is 4.79 Å². The van der Waals surface area contributed by atoms with Gasteiger partial charge in [-0.15, -0.1) is 0 Å². The van der Waals surface area contributed by atoms with E-state index < -0.39 is 59.6 Å². The van der Waals surface area contributed by atoms with Gasteiger partial charge in [0.25, 0.3) is 0 Å². The van der Waals surface area contributed by atoms with E-state index >= 15 is 0 Å². The topological polar surface area (TPSA) is 161 Å². The molecule has 2 amide bonds. The molecule has 2 aliphatic heterocycles. The van der Waals surface area contributed by atoms with Gasteiger partial charge >= 0.3 is 11.9 Å². The third-order valence-corrected chi connectivity index (χ3v) is 11.2. The van der Waals surface area contributed by atoms with E-state index in [0.29, 0.717) is 36.9 Å². The van der Waals surface area contributed by atoms with Gasteiger partial charge in [0.15, 0.2) is 5.79 Å². The van der Waals surface area contributed by atoms with Crippen LogP contribution in [0.3, 0.4) is 0 Å². The Kier molecular flexibility index (Phi) is 11.7. The number of aromatic hydroxyl groups is 1. The predicted molar refractivity (Wildman–Crippen MR) is 206 cm³/mol. The summed E-state index contributed by atoms with van der Waals surface area (Å²) in [7, 11) is 0. The highest BCUT2D eigenvalue weighted by Gasteiger charge is 2.64. The van der Waals surface area contributed by atoms with Crippen molar-refractivity contribution in [2.45, 2.75) is 127 Å². The molecule has 7 rings (SSSR count). The number of esters is 2. The number of rotatable bonds is 14. The second-order valence-electron chi connectivity index (χ2n) is 16.8. The van der Waals surface area contributed by atoms with Gasteiger partial charge in [-0.05, 0) is 108 Å². The third-order valence-electron chi connectivity index (χ3n) is 11.2. The van der Waals surface area contributed by atoms with Gasteiger partial charge in [-0.1, -0.05) is 42.5 Å². The first kappa shape index (κ1) is 39.7. The van der Waals surface area contributed by atoms with E-state index in [1.807, 2.05) is 36.4 Å². The van der Waals surface area contributed by atoms with Gasteiger partial charge in [-0.2, -0.15) is 0 Å². The second kappa shape index (κ2) is 16.5. The van der Waals surface area contributed by atoms with Crippen molar-refractivity contribution in [3.05, 3.63) is 82.9 Å². The first-order valence-electron chi connectivity index (χ1n) is 20.1. The zero-order valence-electron chi connectivity index (χ0n) is 32.5. The summed E-state index contributed by atoms with van der Waals surface area (Å²) in [5, 5.41) is 23.0. The summed E-state index contributed by atoms with van der Waals surface area (Å²) in [6.07, 6.45) is 9.51. The standard InChI is InChI=1S/C44H54N2O10/c1-43(2,3)55-38(49)21-20-33(26-47)45-40(50)34-14-8-22-46(34)41(51)30-24-36(39-37(25-30)54-44(56-39,31-16-17-31)32-18-19-32)53-42(52)29-13-7-10-27(23-29)9-6-12-28-11-4-5-15-35(28)48/h4-7,9-11,13,15,23,25,31-34,36-37,39,47-48H,8,12,14,16-22,24,26H2,1-3H3,(H,45,50). The van der Waals surface area contributed by atoms with Crippen LogP contribution < -0.4 is 5.32 Å². The van der Waals surface area contributed by atoms with Gasteiger partial charge < -0.3 is 39.4 Å². The number of fused-ring (bicyclic) bond motifs is 1. The molecule has 2 saturated heterocycles. The van der Waals surface area contributed by atoms with Crippen LogP contribution >= 0.6 is 0 Å². The number of para-hydroxylation sites is 1. The second-order valence-corrected chi connectivity index (χ2v) is 16.8. The number of likely N-dealkylation sites (tertiary alicyclic amines) is 1. The molecule has 12 heteroatoms. The Hall–Kier alpha value is -4.52. The van der Waals surface area contributed by atoms with E-state index in [2.05, 4.69) is 5.32 Å². The largest absolute Gasteiger partial charge is 0.508 e. The quantitative estimate of drug-likeness (QED) is 0.213. The molecule has 0 aromatic heterocycles. The Bertz CT molecular complexity index is 1850. The SMILES string of the molecule is CC(C)(C)OC(=O)CCC(CO)NC(=O)C1CCCN1C(=O)C1=CC2OC(C3CC3)(C3CC3)OC2C(OC(=O)c2cccc(C=CCc3ccccc3O)c2)C1. The van der Waals surface area contributed by atoms with E-state index in [1.54, 1.807) is 56.0 Å². The Balaban J connectivity index is 1.05. The fourth-order valence-corrected chi connectivity index (χ4v) is 8.20. The number of aliphatic hydroxyl groups excluding tert-OH is 1. The maximum Gasteiger partial charge on any atom is 0.338 e. The van der Waals surface area contributed by atoms with Crippen LogP contribution in [0.2, 0.25) is 0 Å². The normalized spacial score (nSPS) is 25.0. The molecule has 4 fully saturated rings. The molecule has 2 aromatic carbocycles. The summed E-state index contributed by atoms with van der Waals surface area (Å²) in [4.78, 5) is 55.6. The van der Waals surface area contributed by atoms with E-state index in [0.717, 1.165) is 36.8 Å². The van der Waals surface area contributed by atoms with Crippen LogP contribution in [0.4, 0.5) is 0 Å². The summed E-state index contributed by atoms with van der Waals surface area (Å²) in [6, 6.07) is 12.8. The lowest BCUT2D eigenvalue weighted by Gasteiger charge is -2.33. The smallest absolute Gasteiger partial charge is 0.338 e. The van der Waals surface area contributed by atoms with Crippen LogP contribution in [-0.2, 0) is 39.8 Å². The van der Waals surface area contributed by atoms with Crippen LogP contribution in [0.1, 0.15) is 100 Å². The number of phenols is 1. The number of ether oxygens (including phenoxy) is 4. The average Bonchev–Trinajstić information content (AvgIpc) is 4.11. The molecule has 3 aliphatic carbocycles. The number of aliphatic hydroxyl groups is 1. The number of nitrogens with zero attached hydrogens (tertiary/aromatic N) is 1. The lowest BCUT2D eigenvalue weighted by Crippen LogP contribution is -2.51. The highest BCUT2D eigenvalue weighted by atomic mass is 16.8. The van der Waals surface area contributed by atoms with Crippen molar-refractivity contribution in [3.8, 4) is 5.75 Å². The number of benzene rings is 2. The fraction of sp³-hybridized carbons (Fsp3) is 0.545. The van der Waals surface area contributed by atoms with Crippen LogP contribution in [0.5, 0.6) is 5.75 Å². The Morgan fingerprint density at radius 3 is 2.46 bits per heavy atom. The van der Waals surface area contributed by atoms with Crippen LogP contribution in [0.25, 0.3) is 6.08 Å². The molecule has 0 radical (unpaired) electrons. The monoisotopic (exact) mass is 770 g/mol. The van der Waals surface area contributed by atoms with Crippen molar-refractivity contribution in [2.75, 3.05) is 13.2 Å². The molecule has 2 aromatic rings. The molecule has 300 valence electrons. The van der Waals surface area contributed by atoms with Crippen molar-refractivity contribution in [1.29, 1.82) is 0 Å². The minimum absolute atomic E-state index is 0.0254. The minimum atomic E-state index is -0.808. The van der Waals surface area contributed by atoms with Crippen molar-refractivity contribution >= 4 is 29.8 Å². The third kappa shape index (κ3) is 9.19. The van der Waals surface area contributed by atoms with Crippen LogP contribution in [0.15, 0.2) is 66.3 Å². The Morgan fingerprint density at radius 1 is 1.02 bits per heavy atom. The summed E-state index contributed by atoms with van der Waals surface area (Å²) < 4.78 is 25.2. The maximum absolute atomic E-state index is 14.3. The maximum atomic E-state index is 14.3. The van der Waals surface area contributed by atoms with E-state index in [1.165, 1.54) is 0 Å². The molecular weight excluding hydrogens is 716 g/mol. The summed E-state index contributed by atoms with van der Waals surface area (Å²) in [6.45, 7) is 5.33. The van der Waals surface area contributed by atoms with Crippen molar-refractivity contribution in [2.24, 2.45) is 11.8 Å². The number of hydrogen-bond acceptors (Lipinski definition) is 10. The molecule has 0 spiro atoms. The number of amides is 2. The number of carbonyl (C=O) groups excluding carboxylic acids is 4. The molecule has 5 aliphatic rings. The molecule has 2 saturated carbocycles. The van der Waals surface area contributed by atoms with Gasteiger partial charge in [0.1, 0.15) is 35.7 Å². The lowest BCUT2D eigenvalue weighted by atomic mass is 9.91. The predicted octanol–water partition coefficient (Wildman–Crippen LogP) is 5.39. The summed E-state index contributed by atoms with van der Waals surface area (Å²) >= 11 is 0. The van der Waals surface area contributed by atoms with E-state index in [4.69, 9.17) is 18.9 Å². The molecular formula is C44H54N2O10. The van der Waals surface area contributed by atoms with Crippen molar-refractivity contribution < 1.29 is 48.3 Å². The number of nitrogens with one attached hydrogen (secondary N) is 1. The molecule has 56 heavy (non-hydrogen) atoms. The van der Waals surface area contributed by atoms with Gasteiger partial charge in [0.2, 0.25) is 11.8 Å². The molecule has 5 unspecified atom stereocenters. The molecule has 0 bridgehead atoms. The fourth-order valence-electron chi connectivity index (χ4n) is 8.20. The van der Waals surface area contributed by atoms with Crippen molar-refractivity contribution in [3.63, 3.8) is 0 Å². The number of hydrogen-bond donors (Lipinski definition) is 3. The zero-order chi connectivity index (χ0) is 39.6. The minimum Gasteiger partial charge on any atom is -0.508 e. The molecule has 12 nitrogen and oxygen atoms in total. The van der Waals surface area contributed by atoms with Gasteiger partial charge in [-0.3, -0.25) is 14.4 Å². The van der Waals surface area contributed by atoms with Crippen LogP contribution in [-0.4, -0.2) is 93.8 Å². The summed E-state index contributed by atoms with van der Waals surface area (Å²) in [5.41, 5.74) is 1.70. The van der Waals surface area contributed by atoms with Crippen LogP contribution in [0, 0.1) is 11.8 Å². The van der Waals surface area contributed by atoms with Gasteiger partial charge in [0, 0.05) is 36.8 Å².